The van der Waals surface area contributed by atoms with Gasteiger partial charge >= 0.3 is 0 Å². The van der Waals surface area contributed by atoms with Crippen LogP contribution in [0, 0.1) is 0 Å². The predicted molar refractivity (Wildman–Crippen MR) is 80.7 cm³/mol. The van der Waals surface area contributed by atoms with Crippen LogP contribution in [0.2, 0.25) is 5.02 Å². The van der Waals surface area contributed by atoms with Gasteiger partial charge in [-0.05, 0) is 58.2 Å². The Morgan fingerprint density at radius 3 is 2.79 bits per heavy atom. The molecule has 2 N–H and O–H groups in total. The van der Waals surface area contributed by atoms with E-state index >= 15 is 0 Å². The van der Waals surface area contributed by atoms with Crippen molar-refractivity contribution >= 4 is 23.2 Å². The van der Waals surface area contributed by atoms with E-state index in [1.54, 1.807) is 12.1 Å². The highest BCUT2D eigenvalue weighted by molar-refractivity contribution is 6.30. The van der Waals surface area contributed by atoms with Crippen molar-refractivity contribution in [2.24, 2.45) is 0 Å². The van der Waals surface area contributed by atoms with E-state index in [1.807, 2.05) is 12.1 Å². The molecule has 0 aliphatic rings. The molecule has 1 aromatic carbocycles. The summed E-state index contributed by atoms with van der Waals surface area (Å²) in [6.07, 6.45) is 2.21. The van der Waals surface area contributed by atoms with Crippen molar-refractivity contribution in [3.8, 4) is 0 Å². The second-order valence-corrected chi connectivity index (χ2v) is 5.18. The molecule has 0 saturated heterocycles. The van der Waals surface area contributed by atoms with Crippen LogP contribution in [0.5, 0.6) is 0 Å². The van der Waals surface area contributed by atoms with E-state index in [2.05, 4.69) is 29.6 Å². The molecular formula is C14H22ClN3O. The van der Waals surface area contributed by atoms with Gasteiger partial charge in [-0.15, -0.1) is 0 Å². The van der Waals surface area contributed by atoms with Gasteiger partial charge in [0, 0.05) is 10.7 Å². The molecule has 0 fully saturated rings. The standard InChI is InChI=1S/C14H22ClN3O/c1-18(2)9-4-3-8-16-11-14(19)17-13-7-5-6-12(15)10-13/h5-7,10,16H,3-4,8-9,11H2,1-2H3,(H,17,19). The molecule has 1 amide bonds. The highest BCUT2D eigenvalue weighted by atomic mass is 35.5. The second-order valence-electron chi connectivity index (χ2n) is 4.75. The molecule has 1 rings (SSSR count). The van der Waals surface area contributed by atoms with Gasteiger partial charge in [-0.25, -0.2) is 0 Å². The van der Waals surface area contributed by atoms with Gasteiger partial charge in [0.1, 0.15) is 0 Å². The first-order chi connectivity index (χ1) is 9.08. The summed E-state index contributed by atoms with van der Waals surface area (Å²) in [5.74, 6) is -0.0464. The third-order valence-electron chi connectivity index (χ3n) is 2.60. The normalized spacial score (nSPS) is 10.7. The zero-order valence-corrected chi connectivity index (χ0v) is 12.3. The van der Waals surface area contributed by atoms with Crippen LogP contribution in [0.25, 0.3) is 0 Å². The second kappa shape index (κ2) is 8.91. The van der Waals surface area contributed by atoms with Crippen molar-refractivity contribution in [3.05, 3.63) is 29.3 Å². The molecule has 0 bridgehead atoms. The average molecular weight is 284 g/mol. The third-order valence-corrected chi connectivity index (χ3v) is 2.84. The molecule has 4 nitrogen and oxygen atoms in total. The van der Waals surface area contributed by atoms with Crippen LogP contribution < -0.4 is 10.6 Å². The van der Waals surface area contributed by atoms with Crippen molar-refractivity contribution < 1.29 is 4.79 Å². The maximum Gasteiger partial charge on any atom is 0.238 e. The molecule has 1 aromatic rings. The molecule has 0 saturated carbocycles. The van der Waals surface area contributed by atoms with Crippen LogP contribution in [0.4, 0.5) is 5.69 Å². The number of benzene rings is 1. The number of halogens is 1. The fraction of sp³-hybridized carbons (Fsp3) is 0.500. The highest BCUT2D eigenvalue weighted by Crippen LogP contribution is 2.14. The lowest BCUT2D eigenvalue weighted by Gasteiger charge is -2.09. The smallest absolute Gasteiger partial charge is 0.238 e. The summed E-state index contributed by atoms with van der Waals surface area (Å²) in [4.78, 5) is 13.8. The Labute approximate surface area is 120 Å². The summed E-state index contributed by atoms with van der Waals surface area (Å²) >= 11 is 5.84. The summed E-state index contributed by atoms with van der Waals surface area (Å²) in [5.41, 5.74) is 0.729. The van der Waals surface area contributed by atoms with Crippen LogP contribution in [0.3, 0.4) is 0 Å². The number of amides is 1. The van der Waals surface area contributed by atoms with Gasteiger partial charge in [0.05, 0.1) is 6.54 Å². The summed E-state index contributed by atoms with van der Waals surface area (Å²) < 4.78 is 0. The number of carbonyl (C=O) groups is 1. The van der Waals surface area contributed by atoms with Crippen molar-refractivity contribution in [1.82, 2.24) is 10.2 Å². The third kappa shape index (κ3) is 7.82. The van der Waals surface area contributed by atoms with E-state index in [0.717, 1.165) is 31.6 Å². The number of hydrogen-bond acceptors (Lipinski definition) is 3. The van der Waals surface area contributed by atoms with E-state index in [9.17, 15) is 4.79 Å². The first kappa shape index (κ1) is 16.0. The Morgan fingerprint density at radius 2 is 2.11 bits per heavy atom. The Morgan fingerprint density at radius 1 is 1.32 bits per heavy atom. The molecule has 0 aliphatic heterocycles. The van der Waals surface area contributed by atoms with Crippen molar-refractivity contribution in [1.29, 1.82) is 0 Å². The Kier molecular flexibility index (Phi) is 7.48. The molecular weight excluding hydrogens is 262 g/mol. The van der Waals surface area contributed by atoms with E-state index in [0.29, 0.717) is 11.6 Å². The van der Waals surface area contributed by atoms with Crippen LogP contribution in [0.15, 0.2) is 24.3 Å². The minimum Gasteiger partial charge on any atom is -0.325 e. The SMILES string of the molecule is CN(C)CCCCNCC(=O)Nc1cccc(Cl)c1. The molecule has 0 unspecified atom stereocenters. The van der Waals surface area contributed by atoms with Crippen molar-refractivity contribution in [2.45, 2.75) is 12.8 Å². The van der Waals surface area contributed by atoms with Gasteiger partial charge in [0.15, 0.2) is 0 Å². The molecule has 0 heterocycles. The number of anilines is 1. The first-order valence-electron chi connectivity index (χ1n) is 6.49. The largest absolute Gasteiger partial charge is 0.325 e. The van der Waals surface area contributed by atoms with Gasteiger partial charge < -0.3 is 15.5 Å². The van der Waals surface area contributed by atoms with E-state index < -0.39 is 0 Å². The summed E-state index contributed by atoms with van der Waals surface area (Å²) in [7, 11) is 4.12. The maximum atomic E-state index is 11.6. The molecule has 0 atom stereocenters. The molecule has 19 heavy (non-hydrogen) atoms. The molecule has 0 spiro atoms. The lowest BCUT2D eigenvalue weighted by atomic mass is 10.3. The van der Waals surface area contributed by atoms with Gasteiger partial charge in [0.2, 0.25) is 5.91 Å². The fourth-order valence-corrected chi connectivity index (χ4v) is 1.84. The predicted octanol–water partition coefficient (Wildman–Crippen LogP) is 2.21. The fourth-order valence-electron chi connectivity index (χ4n) is 1.65. The molecule has 0 aliphatic carbocycles. The summed E-state index contributed by atoms with van der Waals surface area (Å²) in [6.45, 7) is 2.27. The Balaban J connectivity index is 2.11. The number of hydrogen-bond donors (Lipinski definition) is 2. The number of rotatable bonds is 8. The minimum atomic E-state index is -0.0464. The maximum absolute atomic E-state index is 11.6. The number of carbonyl (C=O) groups excluding carboxylic acids is 1. The van der Waals surface area contributed by atoms with Crippen molar-refractivity contribution in [2.75, 3.05) is 39.0 Å². The molecule has 5 heteroatoms. The topological polar surface area (TPSA) is 44.4 Å². The number of nitrogens with zero attached hydrogens (tertiary/aromatic N) is 1. The van der Waals surface area contributed by atoms with Crippen LogP contribution >= 0.6 is 11.6 Å². The molecule has 0 radical (unpaired) electrons. The lowest BCUT2D eigenvalue weighted by Crippen LogP contribution is -2.29. The zero-order chi connectivity index (χ0) is 14.1. The number of unbranched alkanes of at least 4 members (excludes halogenated alkanes) is 1. The van der Waals surface area contributed by atoms with Gasteiger partial charge in [-0.3, -0.25) is 4.79 Å². The quantitative estimate of drug-likeness (QED) is 0.719. The van der Waals surface area contributed by atoms with Gasteiger partial charge in [-0.1, -0.05) is 17.7 Å². The monoisotopic (exact) mass is 283 g/mol. The van der Waals surface area contributed by atoms with Crippen LogP contribution in [-0.2, 0) is 4.79 Å². The molecule has 106 valence electrons. The Bertz CT molecular complexity index is 396. The minimum absolute atomic E-state index is 0.0464. The van der Waals surface area contributed by atoms with Crippen molar-refractivity contribution in [3.63, 3.8) is 0 Å². The van der Waals surface area contributed by atoms with Gasteiger partial charge in [0.25, 0.3) is 0 Å². The van der Waals surface area contributed by atoms with E-state index in [1.165, 1.54) is 0 Å². The average Bonchev–Trinajstić information content (AvgIpc) is 2.33. The van der Waals surface area contributed by atoms with Crippen LogP contribution in [-0.4, -0.2) is 44.5 Å². The molecule has 0 aromatic heterocycles. The summed E-state index contributed by atoms with van der Waals surface area (Å²) in [5, 5.41) is 6.55. The van der Waals surface area contributed by atoms with E-state index in [4.69, 9.17) is 11.6 Å². The number of nitrogens with one attached hydrogen (secondary N) is 2. The zero-order valence-electron chi connectivity index (χ0n) is 11.6. The Hall–Kier alpha value is -1.10. The first-order valence-corrected chi connectivity index (χ1v) is 6.86. The van der Waals surface area contributed by atoms with Crippen LogP contribution in [0.1, 0.15) is 12.8 Å². The summed E-state index contributed by atoms with van der Waals surface area (Å²) in [6, 6.07) is 7.14. The van der Waals surface area contributed by atoms with Gasteiger partial charge in [-0.2, -0.15) is 0 Å². The van der Waals surface area contributed by atoms with E-state index in [-0.39, 0.29) is 5.91 Å². The highest BCUT2D eigenvalue weighted by Gasteiger charge is 2.01. The lowest BCUT2D eigenvalue weighted by molar-refractivity contribution is -0.115.